The number of nitrogens with zero attached hydrogens (tertiary/aromatic N) is 1. The van der Waals surface area contributed by atoms with Crippen LogP contribution in [-0.2, 0) is 0 Å². The number of halogens is 3. The smallest absolute Gasteiger partial charge is 0.393 e. The molecule has 3 rings (SSSR count). The zero-order chi connectivity index (χ0) is 18.7. The molecule has 2 aromatic rings. The number of amides is 1. The van der Waals surface area contributed by atoms with Gasteiger partial charge in [0.1, 0.15) is 16.5 Å². The molecule has 0 spiro atoms. The minimum atomic E-state index is -4.30. The maximum Gasteiger partial charge on any atom is 0.393 e. The van der Waals surface area contributed by atoms with Crippen molar-refractivity contribution in [3.05, 3.63) is 35.3 Å². The third-order valence-corrected chi connectivity index (χ3v) is 5.47. The van der Waals surface area contributed by atoms with Gasteiger partial charge in [-0.2, -0.15) is 13.2 Å². The summed E-state index contributed by atoms with van der Waals surface area (Å²) in [5, 5.41) is 4.74. The van der Waals surface area contributed by atoms with E-state index in [0.29, 0.717) is 30.0 Å². The molecule has 0 aliphatic heterocycles. The molecule has 26 heavy (non-hydrogen) atoms. The van der Waals surface area contributed by atoms with E-state index in [1.54, 1.807) is 24.6 Å². The van der Waals surface area contributed by atoms with Crippen molar-refractivity contribution in [1.82, 2.24) is 10.3 Å². The average Bonchev–Trinajstić information content (AvgIpc) is 3.11. The molecule has 1 aromatic heterocycles. The van der Waals surface area contributed by atoms with Crippen molar-refractivity contribution in [2.24, 2.45) is 5.92 Å². The van der Waals surface area contributed by atoms with Crippen molar-refractivity contribution in [2.75, 3.05) is 7.11 Å². The first-order valence-corrected chi connectivity index (χ1v) is 9.24. The molecule has 1 aromatic carbocycles. The molecule has 1 amide bonds. The van der Waals surface area contributed by atoms with Crippen LogP contribution in [0.4, 0.5) is 13.2 Å². The van der Waals surface area contributed by atoms with Gasteiger partial charge in [0.05, 0.1) is 13.0 Å². The first-order chi connectivity index (χ1) is 12.4. The monoisotopic (exact) mass is 384 g/mol. The van der Waals surface area contributed by atoms with E-state index in [4.69, 9.17) is 4.74 Å². The van der Waals surface area contributed by atoms with Gasteiger partial charge in [0, 0.05) is 17.0 Å². The Balaban J connectivity index is 1.71. The van der Waals surface area contributed by atoms with Crippen LogP contribution in [0.1, 0.15) is 36.2 Å². The van der Waals surface area contributed by atoms with Crippen LogP contribution < -0.4 is 10.1 Å². The Morgan fingerprint density at radius 1 is 1.23 bits per heavy atom. The van der Waals surface area contributed by atoms with E-state index in [0.717, 1.165) is 5.56 Å². The Kier molecular flexibility index (Phi) is 5.50. The number of aromatic nitrogens is 1. The van der Waals surface area contributed by atoms with Crippen molar-refractivity contribution in [3.8, 4) is 16.3 Å². The van der Waals surface area contributed by atoms with Crippen molar-refractivity contribution >= 4 is 17.2 Å². The number of nitrogens with one attached hydrogen (secondary N) is 1. The van der Waals surface area contributed by atoms with Crippen LogP contribution in [0.2, 0.25) is 0 Å². The molecule has 1 fully saturated rings. The van der Waals surface area contributed by atoms with Crippen LogP contribution in [0, 0.1) is 5.92 Å². The number of ether oxygens (including phenoxy) is 1. The molecule has 2 atom stereocenters. The Hall–Kier alpha value is -2.09. The van der Waals surface area contributed by atoms with Crippen LogP contribution in [0.3, 0.4) is 0 Å². The SMILES string of the molecule is COc1ccc(-c2nc(C(=O)N[C@@H]3CCCC[C@H]3C(F)(F)F)cs2)cc1. The number of benzene rings is 1. The number of carbonyl (C=O) groups is 1. The normalized spacial score (nSPS) is 20.6. The maximum atomic E-state index is 13.2. The van der Waals surface area contributed by atoms with E-state index in [1.165, 1.54) is 11.3 Å². The zero-order valence-electron chi connectivity index (χ0n) is 14.2. The Morgan fingerprint density at radius 2 is 1.92 bits per heavy atom. The highest BCUT2D eigenvalue weighted by atomic mass is 32.1. The second-order valence-corrected chi connectivity index (χ2v) is 7.14. The topological polar surface area (TPSA) is 51.2 Å². The van der Waals surface area contributed by atoms with Crippen LogP contribution in [-0.4, -0.2) is 30.2 Å². The second kappa shape index (κ2) is 7.65. The second-order valence-electron chi connectivity index (χ2n) is 6.28. The lowest BCUT2D eigenvalue weighted by molar-refractivity contribution is -0.187. The summed E-state index contributed by atoms with van der Waals surface area (Å²) in [6, 6.07) is 6.32. The van der Waals surface area contributed by atoms with Gasteiger partial charge in [-0.05, 0) is 37.1 Å². The zero-order valence-corrected chi connectivity index (χ0v) is 15.0. The highest BCUT2D eigenvalue weighted by Gasteiger charge is 2.46. The molecule has 0 saturated heterocycles. The lowest BCUT2D eigenvalue weighted by Gasteiger charge is -2.33. The summed E-state index contributed by atoms with van der Waals surface area (Å²) < 4.78 is 44.6. The van der Waals surface area contributed by atoms with Crippen molar-refractivity contribution in [1.29, 1.82) is 0 Å². The fraction of sp³-hybridized carbons (Fsp3) is 0.444. The maximum absolute atomic E-state index is 13.2. The van der Waals surface area contributed by atoms with Crippen molar-refractivity contribution in [2.45, 2.75) is 37.9 Å². The molecule has 1 aliphatic carbocycles. The fourth-order valence-electron chi connectivity index (χ4n) is 3.18. The predicted octanol–water partition coefficient (Wildman–Crippen LogP) is 4.67. The lowest BCUT2D eigenvalue weighted by Crippen LogP contribution is -2.47. The molecule has 1 aliphatic rings. The third kappa shape index (κ3) is 4.17. The van der Waals surface area contributed by atoms with Gasteiger partial charge < -0.3 is 10.1 Å². The van der Waals surface area contributed by atoms with Crippen LogP contribution in [0.15, 0.2) is 29.6 Å². The molecule has 4 nitrogen and oxygen atoms in total. The highest BCUT2D eigenvalue weighted by molar-refractivity contribution is 7.13. The fourth-order valence-corrected chi connectivity index (χ4v) is 3.99. The number of alkyl halides is 3. The summed E-state index contributed by atoms with van der Waals surface area (Å²) in [6.07, 6.45) is -2.68. The van der Waals surface area contributed by atoms with E-state index in [-0.39, 0.29) is 12.1 Å². The number of methoxy groups -OCH3 is 1. The predicted molar refractivity (Wildman–Crippen MR) is 93.4 cm³/mol. The van der Waals surface area contributed by atoms with Gasteiger partial charge in [0.25, 0.3) is 5.91 Å². The van der Waals surface area contributed by atoms with Crippen LogP contribution in [0.25, 0.3) is 10.6 Å². The molecule has 140 valence electrons. The molecular formula is C18H19F3N2O2S. The summed E-state index contributed by atoms with van der Waals surface area (Å²) >= 11 is 1.28. The standard InChI is InChI=1S/C18H19F3N2O2S/c1-25-12-8-6-11(7-9-12)17-23-15(10-26-17)16(24)22-14-5-3-2-4-13(14)18(19,20)21/h6-10,13-14H,2-5H2,1H3,(H,22,24)/t13-,14-/m1/s1. The summed E-state index contributed by atoms with van der Waals surface area (Å²) in [7, 11) is 1.57. The number of rotatable bonds is 4. The van der Waals surface area contributed by atoms with Gasteiger partial charge in [0.2, 0.25) is 0 Å². The molecule has 0 bridgehead atoms. The molecule has 8 heteroatoms. The Morgan fingerprint density at radius 3 is 2.58 bits per heavy atom. The van der Waals surface area contributed by atoms with Gasteiger partial charge in [-0.25, -0.2) is 4.98 Å². The first-order valence-electron chi connectivity index (χ1n) is 8.36. The van der Waals surface area contributed by atoms with Gasteiger partial charge in [-0.3, -0.25) is 4.79 Å². The quantitative estimate of drug-likeness (QED) is 0.833. The van der Waals surface area contributed by atoms with E-state index >= 15 is 0 Å². The number of hydrogen-bond donors (Lipinski definition) is 1. The van der Waals surface area contributed by atoms with Gasteiger partial charge >= 0.3 is 6.18 Å². The first kappa shape index (κ1) is 18.7. The van der Waals surface area contributed by atoms with E-state index < -0.39 is 24.0 Å². The van der Waals surface area contributed by atoms with E-state index in [2.05, 4.69) is 10.3 Å². The largest absolute Gasteiger partial charge is 0.497 e. The Bertz CT molecular complexity index is 759. The van der Waals surface area contributed by atoms with E-state index in [1.807, 2.05) is 12.1 Å². The van der Waals surface area contributed by atoms with Gasteiger partial charge in [-0.15, -0.1) is 11.3 Å². The Labute approximate surface area is 153 Å². The van der Waals surface area contributed by atoms with Crippen LogP contribution >= 0.6 is 11.3 Å². The minimum Gasteiger partial charge on any atom is -0.497 e. The average molecular weight is 384 g/mol. The van der Waals surface area contributed by atoms with Crippen molar-refractivity contribution in [3.63, 3.8) is 0 Å². The summed E-state index contributed by atoms with van der Waals surface area (Å²) in [5.41, 5.74) is 0.966. The molecule has 0 unspecified atom stereocenters. The number of carbonyl (C=O) groups excluding carboxylic acids is 1. The summed E-state index contributed by atoms with van der Waals surface area (Å²) in [4.78, 5) is 16.6. The summed E-state index contributed by atoms with van der Waals surface area (Å²) in [5.74, 6) is -1.33. The highest BCUT2D eigenvalue weighted by Crippen LogP contribution is 2.38. The third-order valence-electron chi connectivity index (χ3n) is 4.58. The van der Waals surface area contributed by atoms with Gasteiger partial charge in [0.15, 0.2) is 0 Å². The molecule has 1 heterocycles. The molecule has 0 radical (unpaired) electrons. The van der Waals surface area contributed by atoms with Crippen molar-refractivity contribution < 1.29 is 22.7 Å². The number of hydrogen-bond acceptors (Lipinski definition) is 4. The van der Waals surface area contributed by atoms with E-state index in [9.17, 15) is 18.0 Å². The van der Waals surface area contributed by atoms with Gasteiger partial charge in [-0.1, -0.05) is 12.8 Å². The lowest BCUT2D eigenvalue weighted by atomic mass is 9.84. The molecule has 1 saturated carbocycles. The summed E-state index contributed by atoms with van der Waals surface area (Å²) in [6.45, 7) is 0. The number of thiazole rings is 1. The van der Waals surface area contributed by atoms with Crippen LogP contribution in [0.5, 0.6) is 5.75 Å². The minimum absolute atomic E-state index is 0.0581. The molecular weight excluding hydrogens is 365 g/mol. The molecule has 1 N–H and O–H groups in total.